The van der Waals surface area contributed by atoms with E-state index in [4.69, 9.17) is 0 Å². The summed E-state index contributed by atoms with van der Waals surface area (Å²) in [6.07, 6.45) is 0. The first-order valence-corrected chi connectivity index (χ1v) is 9.94. The van der Waals surface area contributed by atoms with Crippen molar-refractivity contribution in [1.29, 1.82) is 0 Å². The molecule has 0 aliphatic rings. The second-order valence-corrected chi connectivity index (χ2v) is 7.87. The third-order valence-corrected chi connectivity index (χ3v) is 6.06. The molecule has 5 rings (SSSR count). The van der Waals surface area contributed by atoms with E-state index in [0.29, 0.717) is 0 Å². The van der Waals surface area contributed by atoms with E-state index in [-0.39, 0.29) is 0 Å². The molecule has 0 radical (unpaired) electrons. The van der Waals surface area contributed by atoms with Crippen molar-refractivity contribution in [3.8, 4) is 0 Å². The molecule has 4 aromatic carbocycles. The number of anilines is 3. The van der Waals surface area contributed by atoms with Gasteiger partial charge in [0.05, 0.1) is 0 Å². The molecule has 0 amide bonds. The van der Waals surface area contributed by atoms with Gasteiger partial charge in [-0.15, -0.1) is 11.3 Å². The standard InChI is InChI=1S/C24H18BNS/c25-17-10-12-19(13-11-17)26(18-6-2-1-3-7-18)20-14-15-22-21-8-4-5-9-23(21)27-24(22)16-20/h1-16H,25H2. The molecule has 5 aromatic rings. The van der Waals surface area contributed by atoms with Gasteiger partial charge in [-0.25, -0.2) is 0 Å². The monoisotopic (exact) mass is 363 g/mol. The van der Waals surface area contributed by atoms with Gasteiger partial charge in [-0.3, -0.25) is 0 Å². The molecular formula is C24H18BNS. The molecule has 0 spiro atoms. The molecular weight excluding hydrogens is 345 g/mol. The zero-order chi connectivity index (χ0) is 18.2. The van der Waals surface area contributed by atoms with Crippen LogP contribution in [0.25, 0.3) is 20.2 Å². The van der Waals surface area contributed by atoms with Crippen molar-refractivity contribution in [1.82, 2.24) is 0 Å². The highest BCUT2D eigenvalue weighted by molar-refractivity contribution is 7.25. The van der Waals surface area contributed by atoms with Gasteiger partial charge in [0.25, 0.3) is 0 Å². The molecule has 128 valence electrons. The number of fused-ring (bicyclic) bond motifs is 3. The van der Waals surface area contributed by atoms with E-state index < -0.39 is 0 Å². The molecule has 0 bridgehead atoms. The van der Waals surface area contributed by atoms with E-state index >= 15 is 0 Å². The van der Waals surface area contributed by atoms with Crippen LogP contribution >= 0.6 is 11.3 Å². The summed E-state index contributed by atoms with van der Waals surface area (Å²) >= 11 is 1.86. The lowest BCUT2D eigenvalue weighted by Gasteiger charge is -2.25. The summed E-state index contributed by atoms with van der Waals surface area (Å²) < 4.78 is 2.66. The molecule has 0 atom stereocenters. The Morgan fingerprint density at radius 1 is 0.556 bits per heavy atom. The van der Waals surface area contributed by atoms with Gasteiger partial charge in [0, 0.05) is 37.2 Å². The fourth-order valence-electron chi connectivity index (χ4n) is 3.57. The van der Waals surface area contributed by atoms with E-state index in [1.807, 2.05) is 11.3 Å². The van der Waals surface area contributed by atoms with Gasteiger partial charge in [0.1, 0.15) is 7.85 Å². The number of hydrogen-bond acceptors (Lipinski definition) is 2. The SMILES string of the molecule is Bc1ccc(N(c2ccccc2)c2ccc3c(c2)sc2ccccc23)cc1. The van der Waals surface area contributed by atoms with Crippen LogP contribution < -0.4 is 10.4 Å². The van der Waals surface area contributed by atoms with Crippen LogP contribution in [-0.4, -0.2) is 7.85 Å². The molecule has 0 fully saturated rings. The first kappa shape index (κ1) is 16.2. The Balaban J connectivity index is 1.71. The number of hydrogen-bond donors (Lipinski definition) is 0. The second-order valence-electron chi connectivity index (χ2n) is 6.79. The molecule has 3 heteroatoms. The number of rotatable bonds is 3. The van der Waals surface area contributed by atoms with Gasteiger partial charge in [-0.2, -0.15) is 0 Å². The fourth-order valence-corrected chi connectivity index (χ4v) is 4.71. The summed E-state index contributed by atoms with van der Waals surface area (Å²) in [6.45, 7) is 0. The summed E-state index contributed by atoms with van der Waals surface area (Å²) in [6, 6.07) is 34.7. The largest absolute Gasteiger partial charge is 0.310 e. The average molecular weight is 363 g/mol. The van der Waals surface area contributed by atoms with Crippen LogP contribution in [0.5, 0.6) is 0 Å². The molecule has 0 aliphatic heterocycles. The minimum absolute atomic E-state index is 1.17. The van der Waals surface area contributed by atoms with Crippen molar-refractivity contribution in [2.45, 2.75) is 0 Å². The van der Waals surface area contributed by atoms with Crippen molar-refractivity contribution < 1.29 is 0 Å². The fraction of sp³-hybridized carbons (Fsp3) is 0. The van der Waals surface area contributed by atoms with Crippen molar-refractivity contribution in [3.63, 3.8) is 0 Å². The zero-order valence-corrected chi connectivity index (χ0v) is 15.9. The first-order chi connectivity index (χ1) is 13.3. The van der Waals surface area contributed by atoms with Crippen molar-refractivity contribution >= 4 is 61.9 Å². The summed E-state index contributed by atoms with van der Waals surface area (Å²) in [4.78, 5) is 2.32. The topological polar surface area (TPSA) is 3.24 Å². The van der Waals surface area contributed by atoms with E-state index in [9.17, 15) is 0 Å². The predicted molar refractivity (Wildman–Crippen MR) is 122 cm³/mol. The van der Waals surface area contributed by atoms with Crippen molar-refractivity contribution in [2.24, 2.45) is 0 Å². The quantitative estimate of drug-likeness (QED) is 0.367. The normalized spacial score (nSPS) is 11.1. The maximum atomic E-state index is 2.32. The van der Waals surface area contributed by atoms with E-state index in [2.05, 4.69) is 110 Å². The Hall–Kier alpha value is -3.04. The maximum Gasteiger partial charge on any atom is 0.139 e. The Labute approximate surface area is 163 Å². The van der Waals surface area contributed by atoms with Crippen LogP contribution in [0.1, 0.15) is 0 Å². The molecule has 0 unspecified atom stereocenters. The number of thiophene rings is 1. The van der Waals surface area contributed by atoms with Crippen LogP contribution in [-0.2, 0) is 0 Å². The van der Waals surface area contributed by atoms with Gasteiger partial charge in [0.15, 0.2) is 0 Å². The smallest absolute Gasteiger partial charge is 0.139 e. The van der Waals surface area contributed by atoms with E-state index in [1.165, 1.54) is 42.7 Å². The second kappa shape index (κ2) is 6.60. The molecule has 0 N–H and O–H groups in total. The van der Waals surface area contributed by atoms with Gasteiger partial charge < -0.3 is 4.90 Å². The minimum Gasteiger partial charge on any atom is -0.310 e. The molecule has 1 heterocycles. The predicted octanol–water partition coefficient (Wildman–Crippen LogP) is 5.78. The summed E-state index contributed by atoms with van der Waals surface area (Å²) in [5.74, 6) is 0. The van der Waals surface area contributed by atoms with E-state index in [1.54, 1.807) is 0 Å². The first-order valence-electron chi connectivity index (χ1n) is 9.13. The van der Waals surface area contributed by atoms with E-state index in [0.717, 1.165) is 0 Å². The summed E-state index contributed by atoms with van der Waals surface area (Å²) in [7, 11) is 2.12. The van der Waals surface area contributed by atoms with Gasteiger partial charge >= 0.3 is 0 Å². The lowest BCUT2D eigenvalue weighted by molar-refractivity contribution is 1.29. The Morgan fingerprint density at radius 2 is 1.19 bits per heavy atom. The number of benzene rings is 4. The molecule has 0 saturated heterocycles. The lowest BCUT2D eigenvalue weighted by atomic mass is 9.96. The minimum atomic E-state index is 1.17. The van der Waals surface area contributed by atoms with Crippen LogP contribution in [0.3, 0.4) is 0 Å². The van der Waals surface area contributed by atoms with Crippen molar-refractivity contribution in [3.05, 3.63) is 97.1 Å². The van der Waals surface area contributed by atoms with Crippen LogP contribution in [0.15, 0.2) is 97.1 Å². The molecule has 27 heavy (non-hydrogen) atoms. The average Bonchev–Trinajstić information content (AvgIpc) is 3.08. The van der Waals surface area contributed by atoms with Crippen LogP contribution in [0.4, 0.5) is 17.1 Å². The molecule has 1 aromatic heterocycles. The highest BCUT2D eigenvalue weighted by atomic mass is 32.1. The molecule has 0 aliphatic carbocycles. The Bertz CT molecular complexity index is 1230. The highest BCUT2D eigenvalue weighted by Crippen LogP contribution is 2.39. The Kier molecular flexibility index (Phi) is 3.95. The maximum absolute atomic E-state index is 2.32. The van der Waals surface area contributed by atoms with Gasteiger partial charge in [-0.1, -0.05) is 60.1 Å². The summed E-state index contributed by atoms with van der Waals surface area (Å²) in [5, 5.41) is 2.67. The van der Waals surface area contributed by atoms with Crippen LogP contribution in [0, 0.1) is 0 Å². The number of nitrogens with zero attached hydrogens (tertiary/aromatic N) is 1. The number of para-hydroxylation sites is 1. The van der Waals surface area contributed by atoms with Crippen molar-refractivity contribution in [2.75, 3.05) is 4.90 Å². The third-order valence-electron chi connectivity index (χ3n) is 4.93. The molecule has 0 saturated carbocycles. The molecule has 1 nitrogen and oxygen atoms in total. The zero-order valence-electron chi connectivity index (χ0n) is 15.1. The third kappa shape index (κ3) is 2.90. The van der Waals surface area contributed by atoms with Gasteiger partial charge in [-0.05, 0) is 42.5 Å². The highest BCUT2D eigenvalue weighted by Gasteiger charge is 2.14. The summed E-state index contributed by atoms with van der Waals surface area (Å²) in [5.41, 5.74) is 4.80. The van der Waals surface area contributed by atoms with Gasteiger partial charge in [0.2, 0.25) is 0 Å². The van der Waals surface area contributed by atoms with Crippen LogP contribution in [0.2, 0.25) is 0 Å². The lowest BCUT2D eigenvalue weighted by Crippen LogP contribution is -2.11. The Morgan fingerprint density at radius 3 is 2.00 bits per heavy atom.